The van der Waals surface area contributed by atoms with E-state index >= 15 is 0 Å². The molecule has 2 aliphatic rings. The predicted octanol–water partition coefficient (Wildman–Crippen LogP) is 4.20. The van der Waals surface area contributed by atoms with Crippen molar-refractivity contribution in [2.45, 2.75) is 37.8 Å². The molecule has 5 rings (SSSR count). The van der Waals surface area contributed by atoms with Crippen LogP contribution in [0, 0.1) is 17.5 Å². The van der Waals surface area contributed by atoms with E-state index in [0.717, 1.165) is 37.0 Å². The molecule has 6 nitrogen and oxygen atoms in total. The van der Waals surface area contributed by atoms with E-state index in [-0.39, 0.29) is 23.6 Å². The number of carbonyl (C=O) groups excluding carboxylic acids is 1. The zero-order valence-corrected chi connectivity index (χ0v) is 17.6. The lowest BCUT2D eigenvalue weighted by Gasteiger charge is -2.45. The van der Waals surface area contributed by atoms with Gasteiger partial charge in [0.25, 0.3) is 5.91 Å². The SMILES string of the molecule is COc1cccc(C(=O)N2[C@H]3CCC[C@@H]2c2nn(C)c(-c4cc(F)c(F)c(F)c4)c2C3)n1. The summed E-state index contributed by atoms with van der Waals surface area (Å²) in [4.78, 5) is 19.5. The molecule has 0 saturated carbocycles. The Morgan fingerprint density at radius 2 is 1.91 bits per heavy atom. The Bertz CT molecular complexity index is 1200. The van der Waals surface area contributed by atoms with E-state index in [4.69, 9.17) is 4.74 Å². The predicted molar refractivity (Wildman–Crippen MR) is 110 cm³/mol. The highest BCUT2D eigenvalue weighted by Gasteiger charge is 2.44. The molecule has 3 aromatic rings. The van der Waals surface area contributed by atoms with Gasteiger partial charge >= 0.3 is 0 Å². The van der Waals surface area contributed by atoms with Crippen molar-refractivity contribution in [1.29, 1.82) is 0 Å². The Balaban J connectivity index is 1.58. The lowest BCUT2D eigenvalue weighted by atomic mass is 9.81. The fraction of sp³-hybridized carbons (Fsp3) is 0.348. The van der Waals surface area contributed by atoms with Crippen LogP contribution in [0.4, 0.5) is 13.2 Å². The second-order valence-corrected chi connectivity index (χ2v) is 8.17. The van der Waals surface area contributed by atoms with E-state index in [1.54, 1.807) is 29.9 Å². The quantitative estimate of drug-likeness (QED) is 0.571. The Hall–Kier alpha value is -3.36. The van der Waals surface area contributed by atoms with Gasteiger partial charge in [-0.05, 0) is 43.9 Å². The van der Waals surface area contributed by atoms with Crippen LogP contribution in [0.3, 0.4) is 0 Å². The molecule has 9 heteroatoms. The number of rotatable bonds is 3. The molecule has 1 fully saturated rings. The first-order valence-electron chi connectivity index (χ1n) is 10.4. The van der Waals surface area contributed by atoms with Crippen molar-refractivity contribution in [3.8, 4) is 17.1 Å². The molecular weight excluding hydrogens is 421 g/mol. The van der Waals surface area contributed by atoms with Crippen LogP contribution in [-0.4, -0.2) is 38.7 Å². The number of hydrogen-bond acceptors (Lipinski definition) is 4. The molecule has 2 aromatic heterocycles. The van der Waals surface area contributed by atoms with Gasteiger partial charge < -0.3 is 9.64 Å². The molecule has 2 aliphatic heterocycles. The van der Waals surface area contributed by atoms with E-state index in [2.05, 4.69) is 10.1 Å². The second-order valence-electron chi connectivity index (χ2n) is 8.17. The van der Waals surface area contributed by atoms with Crippen molar-refractivity contribution in [2.24, 2.45) is 7.05 Å². The number of fused-ring (bicyclic) bond motifs is 4. The average molecular weight is 442 g/mol. The number of methoxy groups -OCH3 is 1. The topological polar surface area (TPSA) is 60.2 Å². The van der Waals surface area contributed by atoms with Crippen LogP contribution in [0.25, 0.3) is 11.3 Å². The fourth-order valence-electron chi connectivity index (χ4n) is 4.98. The molecule has 0 spiro atoms. The number of carbonyl (C=O) groups is 1. The van der Waals surface area contributed by atoms with Gasteiger partial charge in [0.2, 0.25) is 5.88 Å². The molecule has 0 aliphatic carbocycles. The van der Waals surface area contributed by atoms with Crippen LogP contribution in [-0.2, 0) is 13.5 Å². The summed E-state index contributed by atoms with van der Waals surface area (Å²) in [5, 5.41) is 4.63. The highest BCUT2D eigenvalue weighted by atomic mass is 19.2. The van der Waals surface area contributed by atoms with E-state index in [1.165, 1.54) is 7.11 Å². The average Bonchev–Trinajstić information content (AvgIpc) is 3.11. The molecule has 1 amide bonds. The fourth-order valence-corrected chi connectivity index (χ4v) is 4.98. The van der Waals surface area contributed by atoms with E-state index in [1.807, 2.05) is 4.90 Å². The Morgan fingerprint density at radius 1 is 1.16 bits per heavy atom. The van der Waals surface area contributed by atoms with Gasteiger partial charge in [-0.25, -0.2) is 18.2 Å². The van der Waals surface area contributed by atoms with Crippen molar-refractivity contribution in [2.75, 3.05) is 7.11 Å². The van der Waals surface area contributed by atoms with Gasteiger partial charge in [0, 0.05) is 30.3 Å². The summed E-state index contributed by atoms with van der Waals surface area (Å²) in [7, 11) is 3.18. The van der Waals surface area contributed by atoms with Crippen molar-refractivity contribution in [3.63, 3.8) is 0 Å². The van der Waals surface area contributed by atoms with Gasteiger partial charge in [0.15, 0.2) is 17.5 Å². The van der Waals surface area contributed by atoms with Crippen LogP contribution < -0.4 is 4.74 Å². The number of ether oxygens (including phenoxy) is 1. The summed E-state index contributed by atoms with van der Waals surface area (Å²) in [5.41, 5.74) is 2.62. The first-order chi connectivity index (χ1) is 15.4. The Kier molecular flexibility index (Phi) is 4.91. The number of benzene rings is 1. The summed E-state index contributed by atoms with van der Waals surface area (Å²) >= 11 is 0. The molecule has 166 valence electrons. The zero-order chi connectivity index (χ0) is 22.6. The van der Waals surface area contributed by atoms with Gasteiger partial charge in [-0.3, -0.25) is 9.48 Å². The maximum atomic E-state index is 13.9. The van der Waals surface area contributed by atoms with Crippen LogP contribution in [0.15, 0.2) is 30.3 Å². The third kappa shape index (κ3) is 3.14. The lowest BCUT2D eigenvalue weighted by Crippen LogP contribution is -2.50. The molecule has 0 N–H and O–H groups in total. The molecule has 2 atom stereocenters. The number of aryl methyl sites for hydroxylation is 1. The maximum absolute atomic E-state index is 13.9. The molecule has 0 unspecified atom stereocenters. The standard InChI is InChI=1S/C23H21F3N4O2/c1-29-22(12-9-15(24)20(26)16(25)10-12)14-11-13-5-3-7-18(21(14)28-29)30(13)23(31)17-6-4-8-19(27-17)32-2/h4,6,8-10,13,18H,3,5,7,11H2,1-2H3/t13-,18+/m0/s1. The summed E-state index contributed by atoms with van der Waals surface area (Å²) in [6, 6.07) is 6.67. The van der Waals surface area contributed by atoms with Crippen LogP contribution in [0.2, 0.25) is 0 Å². The van der Waals surface area contributed by atoms with Gasteiger partial charge in [-0.15, -0.1) is 0 Å². The summed E-state index contributed by atoms with van der Waals surface area (Å²) in [6.07, 6.45) is 2.95. The van der Waals surface area contributed by atoms with Gasteiger partial charge in [0.1, 0.15) is 5.69 Å². The number of halogens is 3. The molecular formula is C23H21F3N4O2. The molecule has 1 aromatic carbocycles. The second kappa shape index (κ2) is 7.65. The van der Waals surface area contributed by atoms with Gasteiger partial charge in [-0.2, -0.15) is 5.10 Å². The van der Waals surface area contributed by atoms with Crippen LogP contribution in [0.1, 0.15) is 47.1 Å². The molecule has 4 heterocycles. The number of pyridine rings is 1. The first-order valence-corrected chi connectivity index (χ1v) is 10.4. The minimum atomic E-state index is -1.50. The van der Waals surface area contributed by atoms with Crippen molar-refractivity contribution in [3.05, 3.63) is 64.7 Å². The first kappa shape index (κ1) is 20.5. The minimum Gasteiger partial charge on any atom is -0.481 e. The van der Waals surface area contributed by atoms with Crippen molar-refractivity contribution in [1.82, 2.24) is 19.7 Å². The number of piperidine rings is 1. The largest absolute Gasteiger partial charge is 0.481 e. The number of nitrogens with zero attached hydrogens (tertiary/aromatic N) is 4. The number of hydrogen-bond donors (Lipinski definition) is 0. The highest BCUT2D eigenvalue weighted by Crippen LogP contribution is 2.45. The van der Waals surface area contributed by atoms with Gasteiger partial charge in [0.05, 0.1) is 24.5 Å². The highest BCUT2D eigenvalue weighted by molar-refractivity contribution is 5.93. The molecule has 0 radical (unpaired) electrons. The Morgan fingerprint density at radius 3 is 2.62 bits per heavy atom. The number of aromatic nitrogens is 3. The smallest absolute Gasteiger partial charge is 0.273 e. The van der Waals surface area contributed by atoms with E-state index in [0.29, 0.717) is 29.4 Å². The lowest BCUT2D eigenvalue weighted by molar-refractivity contribution is 0.0385. The van der Waals surface area contributed by atoms with Crippen LogP contribution >= 0.6 is 0 Å². The number of amides is 1. The normalized spacial score (nSPS) is 19.6. The van der Waals surface area contributed by atoms with Crippen molar-refractivity contribution >= 4 is 5.91 Å². The minimum absolute atomic E-state index is 0.0974. The summed E-state index contributed by atoms with van der Waals surface area (Å²) < 4.78 is 48.1. The monoisotopic (exact) mass is 442 g/mol. The molecule has 2 bridgehead atoms. The van der Waals surface area contributed by atoms with Gasteiger partial charge in [-0.1, -0.05) is 6.07 Å². The van der Waals surface area contributed by atoms with Crippen molar-refractivity contribution < 1.29 is 22.7 Å². The maximum Gasteiger partial charge on any atom is 0.273 e. The zero-order valence-electron chi connectivity index (χ0n) is 17.6. The Labute approximate surface area is 182 Å². The molecule has 32 heavy (non-hydrogen) atoms. The summed E-state index contributed by atoms with van der Waals surface area (Å²) in [5.74, 6) is -3.82. The van der Waals surface area contributed by atoms with Crippen LogP contribution in [0.5, 0.6) is 5.88 Å². The molecule has 1 saturated heterocycles. The third-order valence-corrected chi connectivity index (χ3v) is 6.32. The van der Waals surface area contributed by atoms with E-state index in [9.17, 15) is 18.0 Å². The summed E-state index contributed by atoms with van der Waals surface area (Å²) in [6.45, 7) is 0. The third-order valence-electron chi connectivity index (χ3n) is 6.32. The van der Waals surface area contributed by atoms with E-state index < -0.39 is 17.5 Å².